The van der Waals surface area contributed by atoms with Gasteiger partial charge in [-0.3, -0.25) is 9.59 Å². The second-order valence-corrected chi connectivity index (χ2v) is 14.3. The van der Waals surface area contributed by atoms with Crippen LogP contribution in [0.25, 0.3) is 11.0 Å². The molecule has 2 aromatic carbocycles. The summed E-state index contributed by atoms with van der Waals surface area (Å²) in [5, 5.41) is 0. The van der Waals surface area contributed by atoms with Gasteiger partial charge in [-0.25, -0.2) is 18.9 Å². The zero-order chi connectivity index (χ0) is 32.5. The molecule has 2 aromatic heterocycles. The van der Waals surface area contributed by atoms with E-state index in [-0.39, 0.29) is 34.7 Å². The number of carbonyl (C=O) groups excluding carboxylic acids is 1. The number of benzene rings is 2. The molecular weight excluding hydrogens is 567 g/mol. The van der Waals surface area contributed by atoms with Crippen molar-refractivity contribution in [2.75, 3.05) is 29.9 Å². The zero-order valence-electron chi connectivity index (χ0n) is 27.8. The van der Waals surface area contributed by atoms with E-state index < -0.39 is 5.41 Å². The second kappa shape index (κ2) is 12.8. The van der Waals surface area contributed by atoms with Crippen molar-refractivity contribution >= 4 is 28.8 Å². The van der Waals surface area contributed by atoms with Crippen molar-refractivity contribution in [3.8, 4) is 0 Å². The third-order valence-corrected chi connectivity index (χ3v) is 9.45. The molecule has 1 saturated heterocycles. The van der Waals surface area contributed by atoms with E-state index in [1.165, 1.54) is 29.0 Å². The van der Waals surface area contributed by atoms with Gasteiger partial charge in [-0.1, -0.05) is 72.2 Å². The molecule has 1 atom stereocenters. The number of aromatic nitrogens is 4. The number of halogens is 1. The van der Waals surface area contributed by atoms with Crippen LogP contribution in [0.5, 0.6) is 0 Å². The molecule has 240 valence electrons. The van der Waals surface area contributed by atoms with Crippen molar-refractivity contribution in [2.45, 2.75) is 79.8 Å². The molecule has 0 spiro atoms. The molecule has 8 nitrogen and oxygen atoms in total. The monoisotopic (exact) mass is 614 g/mol. The van der Waals surface area contributed by atoms with Crippen LogP contribution in [0.2, 0.25) is 0 Å². The Balaban J connectivity index is 1.37. The van der Waals surface area contributed by atoms with Crippen molar-refractivity contribution in [3.05, 3.63) is 82.5 Å². The second-order valence-electron chi connectivity index (χ2n) is 14.3. The van der Waals surface area contributed by atoms with Gasteiger partial charge in [0, 0.05) is 43.9 Å². The average molecular weight is 615 g/mol. The van der Waals surface area contributed by atoms with Crippen molar-refractivity contribution in [3.63, 3.8) is 0 Å². The Morgan fingerprint density at radius 2 is 1.69 bits per heavy atom. The van der Waals surface area contributed by atoms with Crippen LogP contribution in [0.4, 0.5) is 16.3 Å². The Morgan fingerprint density at radius 3 is 2.33 bits per heavy atom. The molecule has 0 N–H and O–H groups in total. The zero-order valence-corrected chi connectivity index (χ0v) is 27.8. The lowest BCUT2D eigenvalue weighted by molar-refractivity contribution is 0.0575. The third kappa shape index (κ3) is 6.82. The van der Waals surface area contributed by atoms with Gasteiger partial charge in [-0.05, 0) is 60.4 Å². The van der Waals surface area contributed by atoms with Crippen LogP contribution >= 0.6 is 0 Å². The fourth-order valence-corrected chi connectivity index (χ4v) is 6.80. The predicted molar refractivity (Wildman–Crippen MR) is 180 cm³/mol. The first-order valence-corrected chi connectivity index (χ1v) is 16.1. The summed E-state index contributed by atoms with van der Waals surface area (Å²) in [6.45, 7) is 14.7. The molecule has 5 rings (SSSR count). The van der Waals surface area contributed by atoms with Gasteiger partial charge in [-0.2, -0.15) is 0 Å². The topological polar surface area (TPSA) is 76.3 Å². The first kappa shape index (κ1) is 32.4. The maximum Gasteiger partial charge on any atom is 0.261 e. The summed E-state index contributed by atoms with van der Waals surface area (Å²) in [6.07, 6.45) is 4.85. The number of hydrogen-bond donors (Lipinski definition) is 0. The number of nitrogens with zero attached hydrogens (tertiary/aromatic N) is 6. The molecule has 45 heavy (non-hydrogen) atoms. The fourth-order valence-electron chi connectivity index (χ4n) is 6.80. The number of rotatable bonds is 9. The minimum absolute atomic E-state index is 0.0608. The fraction of sp³-hybridized carbons (Fsp3) is 0.500. The third-order valence-electron chi connectivity index (χ3n) is 9.45. The van der Waals surface area contributed by atoms with Crippen LogP contribution in [-0.4, -0.2) is 51.2 Å². The van der Waals surface area contributed by atoms with Crippen LogP contribution in [-0.2, 0) is 6.54 Å². The summed E-state index contributed by atoms with van der Waals surface area (Å²) in [5.74, 6) is 0.948. The van der Waals surface area contributed by atoms with Gasteiger partial charge in [0.1, 0.15) is 5.82 Å². The molecule has 0 radical (unpaired) electrons. The number of imidazole rings is 1. The van der Waals surface area contributed by atoms with Crippen LogP contribution in [0.3, 0.4) is 0 Å². The van der Waals surface area contributed by atoms with E-state index in [2.05, 4.69) is 48.2 Å². The SMILES string of the molecule is CCC(CC(C)(C)C)C(C)(C)C(=O)n1c(N(C)C2CCN(c3nc4ccccc4n3Cc3ccc(F)cc3)CC2)nccc1=O. The summed E-state index contributed by atoms with van der Waals surface area (Å²) in [7, 11) is 1.94. The largest absolute Gasteiger partial charge is 0.342 e. The van der Waals surface area contributed by atoms with Gasteiger partial charge in [0.15, 0.2) is 0 Å². The highest BCUT2D eigenvalue weighted by Gasteiger charge is 2.40. The van der Waals surface area contributed by atoms with Gasteiger partial charge >= 0.3 is 0 Å². The highest BCUT2D eigenvalue weighted by Crippen LogP contribution is 2.40. The Labute approximate surface area is 265 Å². The minimum atomic E-state index is -0.739. The van der Waals surface area contributed by atoms with E-state index in [9.17, 15) is 14.0 Å². The van der Waals surface area contributed by atoms with E-state index in [1.54, 1.807) is 0 Å². The van der Waals surface area contributed by atoms with E-state index in [0.29, 0.717) is 12.5 Å². The number of para-hydroxylation sites is 2. The number of piperidine rings is 1. The molecule has 1 fully saturated rings. The maximum absolute atomic E-state index is 14.2. The lowest BCUT2D eigenvalue weighted by Gasteiger charge is -2.40. The van der Waals surface area contributed by atoms with Crippen LogP contribution < -0.4 is 15.4 Å². The van der Waals surface area contributed by atoms with E-state index >= 15 is 0 Å². The van der Waals surface area contributed by atoms with Gasteiger partial charge in [0.25, 0.3) is 5.56 Å². The molecule has 4 aromatic rings. The Kier molecular flexibility index (Phi) is 9.19. The van der Waals surface area contributed by atoms with Crippen molar-refractivity contribution in [2.24, 2.45) is 16.7 Å². The average Bonchev–Trinajstić information content (AvgIpc) is 3.37. The van der Waals surface area contributed by atoms with Crippen LogP contribution in [0.1, 0.15) is 77.6 Å². The van der Waals surface area contributed by atoms with Gasteiger partial charge < -0.3 is 14.4 Å². The Morgan fingerprint density at radius 1 is 1.02 bits per heavy atom. The van der Waals surface area contributed by atoms with Crippen molar-refractivity contribution < 1.29 is 9.18 Å². The molecule has 0 bridgehead atoms. The van der Waals surface area contributed by atoms with Gasteiger partial charge in [0.05, 0.1) is 17.6 Å². The van der Waals surface area contributed by atoms with E-state index in [1.807, 2.05) is 56.1 Å². The normalized spacial score (nSPS) is 15.4. The summed E-state index contributed by atoms with van der Waals surface area (Å²) in [6, 6.07) is 16.2. The van der Waals surface area contributed by atoms with Crippen LogP contribution in [0, 0.1) is 22.6 Å². The minimum Gasteiger partial charge on any atom is -0.342 e. The van der Waals surface area contributed by atoms with E-state index in [0.717, 1.165) is 61.3 Å². The molecule has 3 heterocycles. The van der Waals surface area contributed by atoms with Crippen LogP contribution in [0.15, 0.2) is 65.6 Å². The summed E-state index contributed by atoms with van der Waals surface area (Å²) >= 11 is 0. The molecule has 0 aliphatic carbocycles. The lowest BCUT2D eigenvalue weighted by atomic mass is 9.69. The number of fused-ring (bicyclic) bond motifs is 1. The van der Waals surface area contributed by atoms with E-state index in [4.69, 9.17) is 4.98 Å². The molecule has 0 amide bonds. The molecule has 1 unspecified atom stereocenters. The predicted octanol–water partition coefficient (Wildman–Crippen LogP) is 7.01. The molecular formula is C36H47FN6O2. The number of hydrogen-bond acceptors (Lipinski definition) is 6. The first-order valence-electron chi connectivity index (χ1n) is 16.1. The number of anilines is 2. The molecule has 1 aliphatic heterocycles. The highest BCUT2D eigenvalue weighted by atomic mass is 19.1. The smallest absolute Gasteiger partial charge is 0.261 e. The first-order chi connectivity index (χ1) is 21.3. The lowest BCUT2D eigenvalue weighted by Crippen LogP contribution is -2.48. The Bertz CT molecular complexity index is 1690. The van der Waals surface area contributed by atoms with Crippen molar-refractivity contribution in [1.82, 2.24) is 19.1 Å². The highest BCUT2D eigenvalue weighted by molar-refractivity contribution is 5.87. The Hall–Kier alpha value is -4.01. The number of carbonyl (C=O) groups is 1. The van der Waals surface area contributed by atoms with Crippen molar-refractivity contribution in [1.29, 1.82) is 0 Å². The van der Waals surface area contributed by atoms with Gasteiger partial charge in [-0.15, -0.1) is 0 Å². The quantitative estimate of drug-likeness (QED) is 0.202. The molecule has 9 heteroatoms. The molecule has 1 aliphatic rings. The molecule has 0 saturated carbocycles. The van der Waals surface area contributed by atoms with Gasteiger partial charge in [0.2, 0.25) is 17.8 Å². The summed E-state index contributed by atoms with van der Waals surface area (Å²) in [4.78, 5) is 41.3. The maximum atomic E-state index is 14.2. The summed E-state index contributed by atoms with van der Waals surface area (Å²) < 4.78 is 17.1. The standard InChI is InChI=1S/C36H47FN6O2/c1-8-26(23-35(2,3)4)36(5,6)32(45)43-31(44)17-20-38-33(43)40(7)28-18-21-41(22-19-28)34-39-29-11-9-10-12-30(29)42(34)24-25-13-15-27(37)16-14-25/h9-17,20,26,28H,8,18-19,21-24H2,1-7H3. The summed E-state index contributed by atoms with van der Waals surface area (Å²) in [5.41, 5.74) is 1.94.